The number of carbonyl (C=O) groups is 3. The second-order valence-corrected chi connectivity index (χ2v) is 12.0. The fourth-order valence-electron chi connectivity index (χ4n) is 4.54. The minimum Gasteiger partial charge on any atom is -0.497 e. The Hall–Kier alpha value is -5.59. The number of thioether (sulfide) groups is 1. The highest BCUT2D eigenvalue weighted by molar-refractivity contribution is 8.00. The monoisotopic (exact) mass is 680 g/mol. The number of thiazole rings is 1. The molecule has 10 nitrogen and oxygen atoms in total. The van der Waals surface area contributed by atoms with Gasteiger partial charge in [-0.1, -0.05) is 48.5 Å². The summed E-state index contributed by atoms with van der Waals surface area (Å²) in [6.07, 6.45) is 1.53. The molecule has 48 heavy (non-hydrogen) atoms. The number of anilines is 2. The Labute approximate surface area is 286 Å². The summed E-state index contributed by atoms with van der Waals surface area (Å²) >= 11 is 2.64. The number of hydrogen-bond acceptors (Lipinski definition) is 9. The highest BCUT2D eigenvalue weighted by Gasteiger charge is 2.18. The van der Waals surface area contributed by atoms with Crippen LogP contribution in [0.1, 0.15) is 15.9 Å². The molecule has 3 N–H and O–H groups in total. The minimum atomic E-state index is -0.556. The van der Waals surface area contributed by atoms with E-state index in [2.05, 4.69) is 20.9 Å². The number of ether oxygens (including phenoxy) is 3. The van der Waals surface area contributed by atoms with Gasteiger partial charge in [0.25, 0.3) is 11.8 Å². The Morgan fingerprint density at radius 2 is 1.62 bits per heavy atom. The van der Waals surface area contributed by atoms with Gasteiger partial charge < -0.3 is 30.2 Å². The number of aromatic nitrogens is 1. The molecular weight excluding hydrogens is 649 g/mol. The highest BCUT2D eigenvalue weighted by atomic mass is 32.2. The maximum atomic E-state index is 13.6. The summed E-state index contributed by atoms with van der Waals surface area (Å²) in [7, 11) is 4.62. The molecule has 0 aliphatic carbocycles. The molecule has 0 aliphatic rings. The van der Waals surface area contributed by atoms with Crippen LogP contribution >= 0.6 is 23.1 Å². The van der Waals surface area contributed by atoms with Gasteiger partial charge in [0, 0.05) is 32.7 Å². The zero-order valence-corrected chi connectivity index (χ0v) is 27.9. The Bertz CT molecular complexity index is 1940. The summed E-state index contributed by atoms with van der Waals surface area (Å²) in [5.74, 6) is 0.500. The Balaban J connectivity index is 1.26. The third kappa shape index (κ3) is 8.81. The lowest BCUT2D eigenvalue weighted by atomic mass is 10.1. The number of nitrogens with one attached hydrogen (secondary N) is 3. The van der Waals surface area contributed by atoms with Gasteiger partial charge in [0.1, 0.15) is 11.4 Å². The van der Waals surface area contributed by atoms with Crippen molar-refractivity contribution in [2.45, 2.75) is 4.90 Å². The van der Waals surface area contributed by atoms with E-state index in [4.69, 9.17) is 14.2 Å². The number of rotatable bonds is 13. The Kier molecular flexibility index (Phi) is 11.5. The van der Waals surface area contributed by atoms with Crippen LogP contribution in [0.3, 0.4) is 0 Å². The van der Waals surface area contributed by atoms with E-state index in [1.54, 1.807) is 73.8 Å². The van der Waals surface area contributed by atoms with Gasteiger partial charge in [-0.05, 0) is 54.6 Å². The molecule has 0 spiro atoms. The standard InChI is InChI=1S/C36H32N4O6S2/c1-44-27-15-7-12-24(18-27)30-21-48-36(39-30)40-32(41)22-47-28-16-9-14-26(20-28)37-35(43)29(38-34(42)23-10-5-4-6-11-23)19-25-13-8-17-31(45-2)33(25)46-3/h4-21H,22H2,1-3H3,(H,37,43)(H,38,42)(H,39,40,41)/b29-19+. The molecule has 0 radical (unpaired) electrons. The largest absolute Gasteiger partial charge is 0.497 e. The van der Waals surface area contributed by atoms with Crippen molar-refractivity contribution in [1.29, 1.82) is 0 Å². The second kappa shape index (κ2) is 16.3. The summed E-state index contributed by atoms with van der Waals surface area (Å²) in [6, 6.07) is 28.5. The van der Waals surface area contributed by atoms with Gasteiger partial charge in [-0.3, -0.25) is 14.4 Å². The quantitative estimate of drug-likeness (QED) is 0.0899. The van der Waals surface area contributed by atoms with Crippen LogP contribution in [-0.4, -0.2) is 49.8 Å². The fourth-order valence-corrected chi connectivity index (χ4v) is 6.03. The molecule has 5 aromatic rings. The van der Waals surface area contributed by atoms with Crippen LogP contribution in [0.5, 0.6) is 17.2 Å². The predicted molar refractivity (Wildman–Crippen MR) is 190 cm³/mol. The summed E-state index contributed by atoms with van der Waals surface area (Å²) in [4.78, 5) is 44.7. The molecule has 5 rings (SSSR count). The van der Waals surface area contributed by atoms with Crippen molar-refractivity contribution in [3.8, 4) is 28.5 Å². The van der Waals surface area contributed by atoms with Gasteiger partial charge >= 0.3 is 0 Å². The first-order chi connectivity index (χ1) is 23.4. The third-order valence-electron chi connectivity index (χ3n) is 6.84. The number of para-hydroxylation sites is 1. The maximum Gasteiger partial charge on any atom is 0.272 e. The molecule has 0 fully saturated rings. The molecule has 12 heteroatoms. The van der Waals surface area contributed by atoms with Crippen LogP contribution in [0.25, 0.3) is 17.3 Å². The van der Waals surface area contributed by atoms with E-state index in [-0.39, 0.29) is 17.4 Å². The van der Waals surface area contributed by atoms with Crippen molar-refractivity contribution in [2.75, 3.05) is 37.7 Å². The van der Waals surface area contributed by atoms with E-state index in [0.29, 0.717) is 33.4 Å². The van der Waals surface area contributed by atoms with Crippen molar-refractivity contribution in [3.05, 3.63) is 119 Å². The number of hydrogen-bond donors (Lipinski definition) is 3. The molecular formula is C36H32N4O6S2. The van der Waals surface area contributed by atoms with E-state index in [1.807, 2.05) is 35.7 Å². The van der Waals surface area contributed by atoms with Gasteiger partial charge in [-0.25, -0.2) is 4.98 Å². The van der Waals surface area contributed by atoms with Crippen LogP contribution < -0.4 is 30.2 Å². The van der Waals surface area contributed by atoms with E-state index >= 15 is 0 Å². The summed E-state index contributed by atoms with van der Waals surface area (Å²) in [5.41, 5.74) is 3.01. The Morgan fingerprint density at radius 1 is 0.833 bits per heavy atom. The van der Waals surface area contributed by atoms with Crippen LogP contribution in [0.2, 0.25) is 0 Å². The van der Waals surface area contributed by atoms with Crippen molar-refractivity contribution >= 4 is 57.7 Å². The number of benzene rings is 4. The average molecular weight is 681 g/mol. The lowest BCUT2D eigenvalue weighted by Gasteiger charge is -2.14. The third-order valence-corrected chi connectivity index (χ3v) is 8.59. The van der Waals surface area contributed by atoms with Gasteiger partial charge in [-0.15, -0.1) is 23.1 Å². The number of methoxy groups -OCH3 is 3. The summed E-state index contributed by atoms with van der Waals surface area (Å²) in [5, 5.41) is 10.8. The van der Waals surface area contributed by atoms with E-state index < -0.39 is 11.8 Å². The number of amides is 3. The van der Waals surface area contributed by atoms with Gasteiger partial charge in [-0.2, -0.15) is 0 Å². The maximum absolute atomic E-state index is 13.6. The molecule has 4 aromatic carbocycles. The smallest absolute Gasteiger partial charge is 0.272 e. The van der Waals surface area contributed by atoms with Gasteiger partial charge in [0.2, 0.25) is 5.91 Å². The van der Waals surface area contributed by atoms with Crippen LogP contribution in [0, 0.1) is 0 Å². The first kappa shape index (κ1) is 33.8. The van der Waals surface area contributed by atoms with Crippen LogP contribution in [-0.2, 0) is 9.59 Å². The lowest BCUT2D eigenvalue weighted by Crippen LogP contribution is -2.30. The highest BCUT2D eigenvalue weighted by Crippen LogP contribution is 2.32. The second-order valence-electron chi connectivity index (χ2n) is 10.0. The molecule has 244 valence electrons. The molecule has 0 aliphatic heterocycles. The summed E-state index contributed by atoms with van der Waals surface area (Å²) < 4.78 is 16.2. The Morgan fingerprint density at radius 3 is 2.40 bits per heavy atom. The molecule has 1 aromatic heterocycles. The molecule has 0 bridgehead atoms. The van der Waals surface area contributed by atoms with E-state index in [9.17, 15) is 14.4 Å². The van der Waals surface area contributed by atoms with Crippen LogP contribution in [0.4, 0.5) is 10.8 Å². The van der Waals surface area contributed by atoms with Crippen molar-refractivity contribution in [2.24, 2.45) is 0 Å². The first-order valence-corrected chi connectivity index (χ1v) is 16.5. The van der Waals surface area contributed by atoms with E-state index in [1.165, 1.54) is 43.4 Å². The zero-order chi connectivity index (χ0) is 33.9. The van der Waals surface area contributed by atoms with Crippen molar-refractivity contribution < 1.29 is 28.6 Å². The number of carbonyl (C=O) groups excluding carboxylic acids is 3. The van der Waals surface area contributed by atoms with Crippen molar-refractivity contribution in [1.82, 2.24) is 10.3 Å². The predicted octanol–water partition coefficient (Wildman–Crippen LogP) is 6.98. The van der Waals surface area contributed by atoms with Crippen LogP contribution in [0.15, 0.2) is 113 Å². The first-order valence-electron chi connectivity index (χ1n) is 14.6. The van der Waals surface area contributed by atoms with Crippen molar-refractivity contribution in [3.63, 3.8) is 0 Å². The summed E-state index contributed by atoms with van der Waals surface area (Å²) in [6.45, 7) is 0. The van der Waals surface area contributed by atoms with Gasteiger partial charge in [0.15, 0.2) is 16.6 Å². The molecule has 0 saturated carbocycles. The molecule has 1 heterocycles. The number of nitrogens with zero attached hydrogens (tertiary/aromatic N) is 1. The van der Waals surface area contributed by atoms with Gasteiger partial charge in [0.05, 0.1) is 32.8 Å². The average Bonchev–Trinajstić information content (AvgIpc) is 3.59. The molecule has 0 atom stereocenters. The normalized spacial score (nSPS) is 10.9. The SMILES string of the molecule is COc1cccc(-c2csc(NC(=O)CSc3cccc(NC(=O)/C(=C\c4cccc(OC)c4OC)NC(=O)c4ccccc4)c3)n2)c1. The minimum absolute atomic E-state index is 0.00963. The molecule has 3 amide bonds. The van der Waals surface area contributed by atoms with E-state index in [0.717, 1.165) is 21.9 Å². The zero-order valence-electron chi connectivity index (χ0n) is 26.3. The molecule has 0 unspecified atom stereocenters. The fraction of sp³-hybridized carbons (Fsp3) is 0.111. The molecule has 0 saturated heterocycles. The lowest BCUT2D eigenvalue weighted by molar-refractivity contribution is -0.114. The topological polar surface area (TPSA) is 128 Å².